The van der Waals surface area contributed by atoms with Crippen LogP contribution in [-0.2, 0) is 0 Å². The van der Waals surface area contributed by atoms with Crippen molar-refractivity contribution in [3.05, 3.63) is 22.7 Å². The zero-order valence-electron chi connectivity index (χ0n) is 11.1. The molecule has 4 nitrogen and oxygen atoms in total. The molecule has 2 rings (SSSR count). The van der Waals surface area contributed by atoms with Gasteiger partial charge < -0.3 is 5.32 Å². The second-order valence-electron chi connectivity index (χ2n) is 4.67. The Kier molecular flexibility index (Phi) is 5.05. The van der Waals surface area contributed by atoms with E-state index in [1.807, 2.05) is 11.8 Å². The van der Waals surface area contributed by atoms with Crippen molar-refractivity contribution in [2.24, 2.45) is 0 Å². The third-order valence-electron chi connectivity index (χ3n) is 3.21. The molecule has 2 atom stereocenters. The molecule has 1 aromatic rings. The van der Waals surface area contributed by atoms with Crippen molar-refractivity contribution in [2.75, 3.05) is 5.75 Å². The summed E-state index contributed by atoms with van der Waals surface area (Å²) in [5.74, 6) is 0.927. The molecular formula is C13H18ClN3OS. The number of aryl methyl sites for hydroxylation is 1. The van der Waals surface area contributed by atoms with Gasteiger partial charge in [0.1, 0.15) is 5.69 Å². The van der Waals surface area contributed by atoms with Crippen LogP contribution >= 0.6 is 23.4 Å². The molecule has 1 saturated carbocycles. The molecule has 1 aromatic heterocycles. The molecule has 1 heterocycles. The summed E-state index contributed by atoms with van der Waals surface area (Å²) in [5, 5.41) is 3.72. The Morgan fingerprint density at radius 2 is 2.32 bits per heavy atom. The van der Waals surface area contributed by atoms with E-state index in [4.69, 9.17) is 11.6 Å². The Morgan fingerprint density at radius 3 is 3.00 bits per heavy atom. The van der Waals surface area contributed by atoms with Gasteiger partial charge in [-0.15, -0.1) is 0 Å². The third-order valence-corrected chi connectivity index (χ3v) is 4.70. The van der Waals surface area contributed by atoms with E-state index in [1.165, 1.54) is 12.8 Å². The second kappa shape index (κ2) is 6.57. The minimum atomic E-state index is -0.152. The number of hydrogen-bond acceptors (Lipinski definition) is 4. The molecule has 1 aliphatic rings. The van der Waals surface area contributed by atoms with Crippen molar-refractivity contribution >= 4 is 29.3 Å². The maximum Gasteiger partial charge on any atom is 0.270 e. The fourth-order valence-corrected chi connectivity index (χ4v) is 3.82. The lowest BCUT2D eigenvalue weighted by atomic mass is 10.2. The molecule has 1 aliphatic carbocycles. The molecule has 0 radical (unpaired) electrons. The summed E-state index contributed by atoms with van der Waals surface area (Å²) in [4.78, 5) is 20.1. The number of amides is 1. The van der Waals surface area contributed by atoms with Crippen molar-refractivity contribution in [3.63, 3.8) is 0 Å². The van der Waals surface area contributed by atoms with Crippen LogP contribution in [0.1, 0.15) is 42.4 Å². The van der Waals surface area contributed by atoms with Crippen LogP contribution in [0.4, 0.5) is 0 Å². The van der Waals surface area contributed by atoms with E-state index in [2.05, 4.69) is 22.2 Å². The van der Waals surface area contributed by atoms with Gasteiger partial charge in [0.15, 0.2) is 0 Å². The van der Waals surface area contributed by atoms with Gasteiger partial charge in [-0.25, -0.2) is 9.97 Å². The summed E-state index contributed by atoms with van der Waals surface area (Å²) >= 11 is 7.70. The predicted octanol–water partition coefficient (Wildman–Crippen LogP) is 2.84. The van der Waals surface area contributed by atoms with E-state index in [0.717, 1.165) is 12.2 Å². The number of nitrogens with zero attached hydrogens (tertiary/aromatic N) is 2. The largest absolute Gasteiger partial charge is 0.347 e. The molecule has 2 unspecified atom stereocenters. The molecule has 19 heavy (non-hydrogen) atoms. The zero-order chi connectivity index (χ0) is 13.8. The van der Waals surface area contributed by atoms with Crippen molar-refractivity contribution in [1.29, 1.82) is 0 Å². The Labute approximate surface area is 122 Å². The van der Waals surface area contributed by atoms with Gasteiger partial charge >= 0.3 is 0 Å². The summed E-state index contributed by atoms with van der Waals surface area (Å²) in [5.41, 5.74) is 1.06. The number of aromatic nitrogens is 2. The third kappa shape index (κ3) is 3.83. The first-order valence-electron chi connectivity index (χ1n) is 6.53. The first kappa shape index (κ1) is 14.6. The highest BCUT2D eigenvalue weighted by Crippen LogP contribution is 2.30. The van der Waals surface area contributed by atoms with Crippen LogP contribution < -0.4 is 5.32 Å². The molecule has 0 bridgehead atoms. The van der Waals surface area contributed by atoms with Gasteiger partial charge in [-0.05, 0) is 43.2 Å². The number of halogens is 1. The number of carbonyl (C=O) groups excluding carboxylic acids is 1. The average molecular weight is 300 g/mol. The Bertz CT molecular complexity index is 449. The monoisotopic (exact) mass is 299 g/mol. The number of nitrogens with one attached hydrogen (secondary N) is 1. The summed E-state index contributed by atoms with van der Waals surface area (Å²) in [7, 11) is 0. The van der Waals surface area contributed by atoms with Crippen molar-refractivity contribution in [2.45, 2.75) is 44.4 Å². The number of carbonyl (C=O) groups is 1. The van der Waals surface area contributed by atoms with Gasteiger partial charge in [0.2, 0.25) is 5.28 Å². The molecule has 0 spiro atoms. The van der Waals surface area contributed by atoms with Crippen molar-refractivity contribution in [3.8, 4) is 0 Å². The van der Waals surface area contributed by atoms with Crippen LogP contribution in [0.2, 0.25) is 5.28 Å². The quantitative estimate of drug-likeness (QED) is 0.869. The normalized spacial score (nSPS) is 22.5. The lowest BCUT2D eigenvalue weighted by molar-refractivity contribution is 0.0933. The van der Waals surface area contributed by atoms with Crippen LogP contribution in [0.5, 0.6) is 0 Å². The number of hydrogen-bond donors (Lipinski definition) is 1. The van der Waals surface area contributed by atoms with Gasteiger partial charge in [0.25, 0.3) is 5.91 Å². The van der Waals surface area contributed by atoms with E-state index in [-0.39, 0.29) is 17.2 Å². The molecule has 0 aliphatic heterocycles. The van der Waals surface area contributed by atoms with E-state index < -0.39 is 0 Å². The smallest absolute Gasteiger partial charge is 0.270 e. The Balaban J connectivity index is 2.04. The van der Waals surface area contributed by atoms with Gasteiger partial charge in [-0.2, -0.15) is 11.8 Å². The van der Waals surface area contributed by atoms with Crippen molar-refractivity contribution in [1.82, 2.24) is 15.3 Å². The lowest BCUT2D eigenvalue weighted by Crippen LogP contribution is -2.39. The van der Waals surface area contributed by atoms with Gasteiger partial charge in [0, 0.05) is 17.0 Å². The summed E-state index contributed by atoms with van der Waals surface area (Å²) in [6, 6.07) is 1.91. The van der Waals surface area contributed by atoms with Crippen LogP contribution in [-0.4, -0.2) is 32.9 Å². The predicted molar refractivity (Wildman–Crippen MR) is 78.8 cm³/mol. The first-order chi connectivity index (χ1) is 9.10. The molecular weight excluding hydrogens is 282 g/mol. The molecule has 0 saturated heterocycles. The highest BCUT2D eigenvalue weighted by Gasteiger charge is 2.29. The molecule has 1 amide bonds. The van der Waals surface area contributed by atoms with Crippen LogP contribution in [0, 0.1) is 6.92 Å². The molecule has 6 heteroatoms. The Hall–Kier alpha value is -0.810. The van der Waals surface area contributed by atoms with E-state index in [9.17, 15) is 4.79 Å². The molecule has 0 aromatic carbocycles. The minimum absolute atomic E-state index is 0.121. The summed E-state index contributed by atoms with van der Waals surface area (Å²) in [6.07, 6.45) is 3.39. The van der Waals surface area contributed by atoms with Crippen molar-refractivity contribution < 1.29 is 4.79 Å². The maximum atomic E-state index is 12.2. The van der Waals surface area contributed by atoms with Crippen LogP contribution in [0.3, 0.4) is 0 Å². The highest BCUT2D eigenvalue weighted by atomic mass is 35.5. The van der Waals surface area contributed by atoms with Gasteiger partial charge in [0.05, 0.1) is 0 Å². The average Bonchev–Trinajstić information content (AvgIpc) is 2.76. The van der Waals surface area contributed by atoms with E-state index in [1.54, 1.807) is 13.0 Å². The summed E-state index contributed by atoms with van der Waals surface area (Å²) < 4.78 is 0. The molecule has 1 fully saturated rings. The SMILES string of the molecule is CCSC1CCCC1NC(=O)c1cc(C)nc(Cl)n1. The van der Waals surface area contributed by atoms with Gasteiger partial charge in [-0.3, -0.25) is 4.79 Å². The number of thioether (sulfide) groups is 1. The van der Waals surface area contributed by atoms with Gasteiger partial charge in [-0.1, -0.05) is 13.3 Å². The van der Waals surface area contributed by atoms with E-state index in [0.29, 0.717) is 16.6 Å². The van der Waals surface area contributed by atoms with Crippen LogP contribution in [0.25, 0.3) is 0 Å². The maximum absolute atomic E-state index is 12.2. The minimum Gasteiger partial charge on any atom is -0.347 e. The summed E-state index contributed by atoms with van der Waals surface area (Å²) in [6.45, 7) is 3.95. The zero-order valence-corrected chi connectivity index (χ0v) is 12.7. The first-order valence-corrected chi connectivity index (χ1v) is 7.96. The highest BCUT2D eigenvalue weighted by molar-refractivity contribution is 7.99. The fraction of sp³-hybridized carbons (Fsp3) is 0.615. The topological polar surface area (TPSA) is 54.9 Å². The molecule has 1 N–H and O–H groups in total. The van der Waals surface area contributed by atoms with E-state index >= 15 is 0 Å². The Morgan fingerprint density at radius 1 is 1.53 bits per heavy atom. The molecule has 104 valence electrons. The standard InChI is InChI=1S/C13H18ClN3OS/c1-3-19-11-6-4-5-9(11)16-12(18)10-7-8(2)15-13(14)17-10/h7,9,11H,3-6H2,1-2H3,(H,16,18). The number of rotatable bonds is 4. The lowest BCUT2D eigenvalue weighted by Gasteiger charge is -2.19. The van der Waals surface area contributed by atoms with Crippen LogP contribution in [0.15, 0.2) is 6.07 Å². The fourth-order valence-electron chi connectivity index (χ4n) is 2.40. The second-order valence-corrected chi connectivity index (χ2v) is 6.52.